The van der Waals surface area contributed by atoms with Crippen LogP contribution in [0.5, 0.6) is 5.75 Å². The molecule has 4 nitrogen and oxygen atoms in total. The van der Waals surface area contributed by atoms with E-state index in [9.17, 15) is 4.79 Å². The molecule has 1 aliphatic heterocycles. The zero-order valence-electron chi connectivity index (χ0n) is 20.5. The predicted octanol–water partition coefficient (Wildman–Crippen LogP) is 6.72. The summed E-state index contributed by atoms with van der Waals surface area (Å²) in [6, 6.07) is 20.4. The Morgan fingerprint density at radius 3 is 2.15 bits per heavy atom. The van der Waals surface area contributed by atoms with Gasteiger partial charge in [-0.05, 0) is 56.7 Å². The van der Waals surface area contributed by atoms with Crippen LogP contribution in [0.3, 0.4) is 0 Å². The first-order chi connectivity index (χ1) is 16.2. The summed E-state index contributed by atoms with van der Waals surface area (Å²) in [4.78, 5) is 16.0. The lowest BCUT2D eigenvalue weighted by Crippen LogP contribution is -2.43. The van der Waals surface area contributed by atoms with Crippen molar-refractivity contribution in [1.29, 1.82) is 0 Å². The number of esters is 1. The van der Waals surface area contributed by atoms with Crippen LogP contribution in [0.1, 0.15) is 70.3 Å². The molecule has 5 heteroatoms. The van der Waals surface area contributed by atoms with Crippen LogP contribution in [0.25, 0.3) is 0 Å². The number of piperidine rings is 1. The number of para-hydroxylation sites is 1. The molecule has 1 atom stereocenters. The molecule has 1 saturated heterocycles. The topological polar surface area (TPSA) is 38.8 Å². The van der Waals surface area contributed by atoms with Gasteiger partial charge in [-0.2, -0.15) is 0 Å². The van der Waals surface area contributed by atoms with Crippen molar-refractivity contribution in [3.05, 3.63) is 66.2 Å². The predicted molar refractivity (Wildman–Crippen MR) is 143 cm³/mol. The summed E-state index contributed by atoms with van der Waals surface area (Å²) >= 11 is 0. The Morgan fingerprint density at radius 2 is 1.53 bits per heavy atom. The summed E-state index contributed by atoms with van der Waals surface area (Å²) in [5.74, 6) is 0.945. The third kappa shape index (κ3) is 7.08. The lowest BCUT2D eigenvalue weighted by atomic mass is 9.74. The first-order valence-corrected chi connectivity index (χ1v) is 12.9. The lowest BCUT2D eigenvalue weighted by molar-refractivity contribution is -0.159. The number of hydrogen-bond acceptors (Lipinski definition) is 4. The minimum atomic E-state index is -0.459. The first-order valence-electron chi connectivity index (χ1n) is 12.9. The zero-order chi connectivity index (χ0) is 22.9. The van der Waals surface area contributed by atoms with Gasteiger partial charge >= 0.3 is 5.97 Å². The second-order valence-corrected chi connectivity index (χ2v) is 9.84. The summed E-state index contributed by atoms with van der Waals surface area (Å²) in [7, 11) is 0. The van der Waals surface area contributed by atoms with Crippen LogP contribution < -0.4 is 4.74 Å². The minimum absolute atomic E-state index is 0. The number of carbonyl (C=O) groups is 1. The molecule has 0 N–H and O–H groups in total. The summed E-state index contributed by atoms with van der Waals surface area (Å²) in [6.07, 6.45) is 9.52. The molecule has 2 aromatic carbocycles. The van der Waals surface area contributed by atoms with Crippen LogP contribution >= 0.6 is 17.0 Å². The fraction of sp³-hybridized carbons (Fsp3) is 0.552. The molecule has 0 spiro atoms. The highest BCUT2D eigenvalue weighted by Crippen LogP contribution is 2.40. The van der Waals surface area contributed by atoms with E-state index in [1.165, 1.54) is 12.8 Å². The monoisotopic (exact) mass is 529 g/mol. The maximum Gasteiger partial charge on any atom is 0.316 e. The van der Waals surface area contributed by atoms with Gasteiger partial charge in [0.05, 0.1) is 11.5 Å². The molecular weight excluding hydrogens is 490 g/mol. The fourth-order valence-electron chi connectivity index (χ4n) is 5.37. The van der Waals surface area contributed by atoms with Crippen molar-refractivity contribution in [3.63, 3.8) is 0 Å². The molecule has 0 radical (unpaired) electrons. The normalized spacial score (nSPS) is 19.9. The van der Waals surface area contributed by atoms with Gasteiger partial charge in [-0.25, -0.2) is 0 Å². The van der Waals surface area contributed by atoms with E-state index >= 15 is 0 Å². The Hall–Kier alpha value is -1.85. The highest BCUT2D eigenvalue weighted by atomic mass is 79.9. The van der Waals surface area contributed by atoms with E-state index in [0.29, 0.717) is 0 Å². The van der Waals surface area contributed by atoms with Gasteiger partial charge in [0.1, 0.15) is 11.9 Å². The molecule has 1 unspecified atom stereocenters. The van der Waals surface area contributed by atoms with E-state index in [2.05, 4.69) is 36.1 Å². The van der Waals surface area contributed by atoms with Gasteiger partial charge in [-0.3, -0.25) is 4.79 Å². The van der Waals surface area contributed by atoms with Crippen molar-refractivity contribution in [2.75, 3.05) is 19.6 Å². The summed E-state index contributed by atoms with van der Waals surface area (Å²) in [5, 5.41) is 0. The van der Waals surface area contributed by atoms with Crippen molar-refractivity contribution in [2.24, 2.45) is 0 Å². The molecular formula is C29H40BrNO3. The number of nitrogens with zero attached hydrogens (tertiary/aromatic N) is 1. The molecule has 4 rings (SSSR count). The van der Waals surface area contributed by atoms with Crippen molar-refractivity contribution in [3.8, 4) is 5.75 Å². The number of hydrogen-bond donors (Lipinski definition) is 0. The number of carbonyl (C=O) groups excluding carboxylic acids is 1. The smallest absolute Gasteiger partial charge is 0.316 e. The Labute approximate surface area is 215 Å². The van der Waals surface area contributed by atoms with Gasteiger partial charge in [0.2, 0.25) is 0 Å². The standard InChI is InChI=1S/C29H39NO3.BrH/c1-24(32-26-14-8-5-9-15-26)16-21-30-22-17-27(18-23-30)33-28(31)29(19-10-2-3-11-20-29)25-12-6-4-7-13-25;/h4-9,12-15,24,27H,2-3,10-11,16-23H2,1H3;1H. The largest absolute Gasteiger partial charge is 0.491 e. The Bertz CT molecular complexity index is 844. The number of benzene rings is 2. The van der Waals surface area contributed by atoms with E-state index < -0.39 is 5.41 Å². The van der Waals surface area contributed by atoms with Crippen LogP contribution in [0.4, 0.5) is 0 Å². The van der Waals surface area contributed by atoms with E-state index in [4.69, 9.17) is 9.47 Å². The number of rotatable bonds is 8. The van der Waals surface area contributed by atoms with Gasteiger partial charge in [-0.15, -0.1) is 17.0 Å². The second-order valence-electron chi connectivity index (χ2n) is 9.84. The zero-order valence-corrected chi connectivity index (χ0v) is 22.2. The average molecular weight is 531 g/mol. The lowest BCUT2D eigenvalue weighted by Gasteiger charge is -2.36. The summed E-state index contributed by atoms with van der Waals surface area (Å²) in [5.41, 5.74) is 0.681. The van der Waals surface area contributed by atoms with E-state index in [1.54, 1.807) is 0 Å². The van der Waals surface area contributed by atoms with Crippen molar-refractivity contribution >= 4 is 23.0 Å². The van der Waals surface area contributed by atoms with Crippen LogP contribution in [-0.4, -0.2) is 42.7 Å². The molecule has 186 valence electrons. The van der Waals surface area contributed by atoms with Gasteiger partial charge in [0.25, 0.3) is 0 Å². The second kappa shape index (κ2) is 13.3. The molecule has 1 heterocycles. The summed E-state index contributed by atoms with van der Waals surface area (Å²) in [6.45, 7) is 5.11. The van der Waals surface area contributed by atoms with Gasteiger partial charge in [0, 0.05) is 19.6 Å². The van der Waals surface area contributed by atoms with Crippen LogP contribution in [0, 0.1) is 0 Å². The number of ether oxygens (including phenoxy) is 2. The Kier molecular flexibility index (Phi) is 10.5. The molecule has 1 saturated carbocycles. The van der Waals surface area contributed by atoms with Crippen molar-refractivity contribution in [1.82, 2.24) is 4.90 Å². The summed E-state index contributed by atoms with van der Waals surface area (Å²) < 4.78 is 12.2. The highest BCUT2D eigenvalue weighted by Gasteiger charge is 2.42. The molecule has 0 bridgehead atoms. The van der Waals surface area contributed by atoms with E-state index in [1.807, 2.05) is 36.4 Å². The third-order valence-electron chi connectivity index (χ3n) is 7.41. The molecule has 2 aromatic rings. The SMILES string of the molecule is Br.CC(CCN1CCC(OC(=O)C2(c3ccccc3)CCCCCC2)CC1)Oc1ccccc1. The minimum Gasteiger partial charge on any atom is -0.491 e. The van der Waals surface area contributed by atoms with Crippen molar-refractivity contribution < 1.29 is 14.3 Å². The molecule has 1 aliphatic carbocycles. The quantitative estimate of drug-likeness (QED) is 0.281. The highest BCUT2D eigenvalue weighted by molar-refractivity contribution is 8.93. The van der Waals surface area contributed by atoms with Gasteiger partial charge < -0.3 is 14.4 Å². The maximum atomic E-state index is 13.6. The van der Waals surface area contributed by atoms with Gasteiger partial charge in [-0.1, -0.05) is 74.2 Å². The Morgan fingerprint density at radius 1 is 0.941 bits per heavy atom. The van der Waals surface area contributed by atoms with Crippen molar-refractivity contribution in [2.45, 2.75) is 82.3 Å². The number of likely N-dealkylation sites (tertiary alicyclic amines) is 1. The third-order valence-corrected chi connectivity index (χ3v) is 7.41. The van der Waals surface area contributed by atoms with Crippen LogP contribution in [-0.2, 0) is 14.9 Å². The van der Waals surface area contributed by atoms with Crippen LogP contribution in [0.2, 0.25) is 0 Å². The Balaban J connectivity index is 0.00000324. The molecule has 2 aliphatic rings. The molecule has 34 heavy (non-hydrogen) atoms. The number of halogens is 1. The molecule has 2 fully saturated rings. The van der Waals surface area contributed by atoms with E-state index in [0.717, 1.165) is 75.9 Å². The van der Waals surface area contributed by atoms with E-state index in [-0.39, 0.29) is 35.2 Å². The first kappa shape index (κ1) is 26.7. The molecule has 0 amide bonds. The molecule has 0 aromatic heterocycles. The van der Waals surface area contributed by atoms with Crippen LogP contribution in [0.15, 0.2) is 60.7 Å². The maximum absolute atomic E-state index is 13.6. The fourth-order valence-corrected chi connectivity index (χ4v) is 5.37. The average Bonchev–Trinajstić information content (AvgIpc) is 3.12. The van der Waals surface area contributed by atoms with Gasteiger partial charge in [0.15, 0.2) is 0 Å².